The predicted molar refractivity (Wildman–Crippen MR) is 67.5 cm³/mol. The Morgan fingerprint density at radius 3 is 2.59 bits per heavy atom. The van der Waals surface area contributed by atoms with Gasteiger partial charge in [0.1, 0.15) is 0 Å². The molecule has 0 aliphatic rings. The molecule has 0 aliphatic heterocycles. The molecule has 4 nitrogen and oxygen atoms in total. The van der Waals surface area contributed by atoms with Gasteiger partial charge in [0.05, 0.1) is 12.7 Å². The van der Waals surface area contributed by atoms with Gasteiger partial charge < -0.3 is 19.9 Å². The molecule has 0 bridgehead atoms. The minimum absolute atomic E-state index is 0.192. The maximum atomic E-state index is 9.88. The third-order valence-electron chi connectivity index (χ3n) is 2.72. The van der Waals surface area contributed by atoms with Crippen molar-refractivity contribution >= 4 is 0 Å². The van der Waals surface area contributed by atoms with Crippen LogP contribution in [0.15, 0.2) is 18.2 Å². The van der Waals surface area contributed by atoms with E-state index in [9.17, 15) is 5.11 Å². The van der Waals surface area contributed by atoms with E-state index in [1.807, 2.05) is 26.0 Å². The molecule has 0 atom stereocenters. The van der Waals surface area contributed by atoms with E-state index in [-0.39, 0.29) is 11.4 Å². The van der Waals surface area contributed by atoms with Crippen LogP contribution in [0.3, 0.4) is 0 Å². The number of aromatic hydroxyl groups is 1. The van der Waals surface area contributed by atoms with Gasteiger partial charge in [0, 0.05) is 25.8 Å². The van der Waals surface area contributed by atoms with E-state index in [0.717, 1.165) is 5.56 Å². The normalized spacial score (nSPS) is 11.5. The minimum Gasteiger partial charge on any atom is -0.504 e. The molecule has 0 radical (unpaired) electrons. The predicted octanol–water partition coefficient (Wildman–Crippen LogP) is 1.92. The van der Waals surface area contributed by atoms with Crippen molar-refractivity contribution < 1.29 is 14.6 Å². The molecular weight excluding hydrogens is 218 g/mol. The van der Waals surface area contributed by atoms with Crippen molar-refractivity contribution in [3.63, 3.8) is 0 Å². The third-order valence-corrected chi connectivity index (χ3v) is 2.72. The van der Waals surface area contributed by atoms with E-state index in [0.29, 0.717) is 18.8 Å². The van der Waals surface area contributed by atoms with E-state index in [1.165, 1.54) is 0 Å². The molecule has 0 aromatic heterocycles. The van der Waals surface area contributed by atoms with Gasteiger partial charge in [-0.3, -0.25) is 0 Å². The number of methoxy groups -OCH3 is 2. The first kappa shape index (κ1) is 13.8. The van der Waals surface area contributed by atoms with Gasteiger partial charge in [-0.2, -0.15) is 0 Å². The molecule has 0 aliphatic carbocycles. The summed E-state index contributed by atoms with van der Waals surface area (Å²) in [6.07, 6.45) is 0. The largest absolute Gasteiger partial charge is 0.504 e. The average molecular weight is 239 g/mol. The second-order valence-electron chi connectivity index (χ2n) is 4.54. The van der Waals surface area contributed by atoms with E-state index in [2.05, 4.69) is 5.32 Å². The lowest BCUT2D eigenvalue weighted by molar-refractivity contribution is 0.0230. The second kappa shape index (κ2) is 5.89. The Bertz CT molecular complexity index is 364. The van der Waals surface area contributed by atoms with Crippen LogP contribution in [-0.4, -0.2) is 31.5 Å². The Balaban J connectivity index is 2.58. The van der Waals surface area contributed by atoms with Gasteiger partial charge in [-0.15, -0.1) is 0 Å². The van der Waals surface area contributed by atoms with Crippen molar-refractivity contribution in [2.24, 2.45) is 0 Å². The highest BCUT2D eigenvalue weighted by atomic mass is 16.5. The van der Waals surface area contributed by atoms with Gasteiger partial charge in [0.25, 0.3) is 0 Å². The number of hydrogen-bond donors (Lipinski definition) is 2. The van der Waals surface area contributed by atoms with Crippen molar-refractivity contribution in [3.05, 3.63) is 23.8 Å². The van der Waals surface area contributed by atoms with Crippen molar-refractivity contribution in [3.8, 4) is 11.5 Å². The van der Waals surface area contributed by atoms with Crippen molar-refractivity contribution in [2.75, 3.05) is 20.8 Å². The molecule has 0 unspecified atom stereocenters. The van der Waals surface area contributed by atoms with Gasteiger partial charge in [-0.1, -0.05) is 12.1 Å². The summed E-state index contributed by atoms with van der Waals surface area (Å²) in [4.78, 5) is 0. The van der Waals surface area contributed by atoms with Crippen molar-refractivity contribution in [2.45, 2.75) is 26.0 Å². The quantitative estimate of drug-likeness (QED) is 0.796. The van der Waals surface area contributed by atoms with Gasteiger partial charge >= 0.3 is 0 Å². The first-order valence-electron chi connectivity index (χ1n) is 5.61. The van der Waals surface area contributed by atoms with E-state index >= 15 is 0 Å². The highest BCUT2D eigenvalue weighted by molar-refractivity contribution is 5.45. The Morgan fingerprint density at radius 1 is 1.29 bits per heavy atom. The summed E-state index contributed by atoms with van der Waals surface area (Å²) >= 11 is 0. The lowest BCUT2D eigenvalue weighted by Crippen LogP contribution is -2.36. The number of benzene rings is 1. The van der Waals surface area contributed by atoms with Crippen LogP contribution in [0.4, 0.5) is 0 Å². The summed E-state index contributed by atoms with van der Waals surface area (Å²) in [5.74, 6) is 0.688. The Labute approximate surface area is 103 Å². The van der Waals surface area contributed by atoms with Crippen molar-refractivity contribution in [1.82, 2.24) is 5.32 Å². The zero-order valence-electron chi connectivity index (χ0n) is 10.9. The highest BCUT2D eigenvalue weighted by Gasteiger charge is 2.15. The Kier molecular flexibility index (Phi) is 4.78. The first-order valence-corrected chi connectivity index (χ1v) is 5.61. The van der Waals surface area contributed by atoms with Crippen LogP contribution in [-0.2, 0) is 11.3 Å². The number of nitrogens with one attached hydrogen (secondary N) is 1. The molecule has 4 heteroatoms. The number of rotatable bonds is 6. The highest BCUT2D eigenvalue weighted by Crippen LogP contribution is 2.29. The van der Waals surface area contributed by atoms with Crippen LogP contribution in [0, 0.1) is 0 Å². The number of para-hydroxylation sites is 1. The first-order chi connectivity index (χ1) is 8.00. The van der Waals surface area contributed by atoms with Gasteiger partial charge in [-0.25, -0.2) is 0 Å². The van der Waals surface area contributed by atoms with Gasteiger partial charge in [-0.05, 0) is 19.9 Å². The molecule has 0 fully saturated rings. The molecule has 1 rings (SSSR count). The zero-order chi connectivity index (χ0) is 12.9. The molecule has 0 heterocycles. The number of phenolic OH excluding ortho intramolecular Hbond substituents is 1. The molecule has 0 saturated carbocycles. The minimum atomic E-state index is -0.214. The zero-order valence-corrected chi connectivity index (χ0v) is 10.9. The van der Waals surface area contributed by atoms with Crippen LogP contribution < -0.4 is 10.1 Å². The second-order valence-corrected chi connectivity index (χ2v) is 4.54. The average Bonchev–Trinajstić information content (AvgIpc) is 2.31. The fraction of sp³-hybridized carbons (Fsp3) is 0.538. The molecule has 96 valence electrons. The summed E-state index contributed by atoms with van der Waals surface area (Å²) in [5, 5.41) is 13.1. The van der Waals surface area contributed by atoms with Crippen LogP contribution >= 0.6 is 0 Å². The summed E-state index contributed by atoms with van der Waals surface area (Å²) < 4.78 is 10.4. The van der Waals surface area contributed by atoms with Crippen LogP contribution in [0.2, 0.25) is 0 Å². The summed E-state index contributed by atoms with van der Waals surface area (Å²) in [6.45, 7) is 5.30. The molecule has 0 saturated heterocycles. The summed E-state index contributed by atoms with van der Waals surface area (Å²) in [6, 6.07) is 5.46. The van der Waals surface area contributed by atoms with Crippen LogP contribution in [0.1, 0.15) is 19.4 Å². The Morgan fingerprint density at radius 2 is 2.00 bits per heavy atom. The number of hydrogen-bond acceptors (Lipinski definition) is 4. The molecule has 1 aromatic rings. The molecule has 17 heavy (non-hydrogen) atoms. The maximum absolute atomic E-state index is 9.88. The fourth-order valence-electron chi connectivity index (χ4n) is 1.45. The summed E-state index contributed by atoms with van der Waals surface area (Å²) in [5.41, 5.74) is 0.602. The lowest BCUT2D eigenvalue weighted by atomic mass is 10.1. The SMILES string of the molecule is COc1cccc(CNCC(C)(C)OC)c1O. The monoisotopic (exact) mass is 239 g/mol. The van der Waals surface area contributed by atoms with Gasteiger partial charge in [0.2, 0.25) is 0 Å². The van der Waals surface area contributed by atoms with Gasteiger partial charge in [0.15, 0.2) is 11.5 Å². The topological polar surface area (TPSA) is 50.7 Å². The molecule has 1 aromatic carbocycles. The van der Waals surface area contributed by atoms with E-state index < -0.39 is 0 Å². The molecule has 0 amide bonds. The molecular formula is C13H21NO3. The molecule has 0 spiro atoms. The maximum Gasteiger partial charge on any atom is 0.162 e. The number of ether oxygens (including phenoxy) is 2. The Hall–Kier alpha value is -1.26. The summed E-state index contributed by atoms with van der Waals surface area (Å²) in [7, 11) is 3.23. The lowest BCUT2D eigenvalue weighted by Gasteiger charge is -2.23. The standard InChI is InChI=1S/C13H21NO3/c1-13(2,17-4)9-14-8-10-6-5-7-11(16-3)12(10)15/h5-7,14-15H,8-9H2,1-4H3. The van der Waals surface area contributed by atoms with Crippen LogP contribution in [0.5, 0.6) is 11.5 Å². The molecule has 2 N–H and O–H groups in total. The van der Waals surface area contributed by atoms with E-state index in [1.54, 1.807) is 20.3 Å². The third kappa shape index (κ3) is 3.91. The fourth-order valence-corrected chi connectivity index (χ4v) is 1.45. The number of phenols is 1. The van der Waals surface area contributed by atoms with Crippen molar-refractivity contribution in [1.29, 1.82) is 0 Å². The van der Waals surface area contributed by atoms with Crippen LogP contribution in [0.25, 0.3) is 0 Å². The smallest absolute Gasteiger partial charge is 0.162 e. The van der Waals surface area contributed by atoms with E-state index in [4.69, 9.17) is 9.47 Å².